The predicted octanol–water partition coefficient (Wildman–Crippen LogP) is 12.4. The first-order valence-corrected chi connectivity index (χ1v) is 17.7. The van der Waals surface area contributed by atoms with Gasteiger partial charge in [0.2, 0.25) is 0 Å². The van der Waals surface area contributed by atoms with Crippen LogP contribution >= 0.6 is 0 Å². The number of para-hydroxylation sites is 3. The molecule has 0 spiro atoms. The Balaban J connectivity index is 0.993. The van der Waals surface area contributed by atoms with Gasteiger partial charge < -0.3 is 9.80 Å². The molecule has 0 saturated carbocycles. The number of rotatable bonds is 4. The summed E-state index contributed by atoms with van der Waals surface area (Å²) in [4.78, 5) is 4.93. The van der Waals surface area contributed by atoms with Crippen molar-refractivity contribution in [3.05, 3.63) is 172 Å². The quantitative estimate of drug-likeness (QED) is 0.178. The topological polar surface area (TPSA) is 6.48 Å². The molecule has 0 amide bonds. The molecule has 0 aromatic heterocycles. The van der Waals surface area contributed by atoms with Crippen molar-refractivity contribution in [2.45, 2.75) is 51.4 Å². The van der Waals surface area contributed by atoms with Crippen LogP contribution in [0.25, 0.3) is 23.3 Å². The fourth-order valence-corrected chi connectivity index (χ4v) is 8.69. The highest BCUT2D eigenvalue weighted by atomic mass is 15.2. The number of hydrogen-bond donors (Lipinski definition) is 0. The third-order valence-corrected chi connectivity index (χ3v) is 11.4. The minimum atomic E-state index is -0.0723. The van der Waals surface area contributed by atoms with Gasteiger partial charge in [-0.05, 0) is 105 Å². The maximum atomic E-state index is 2.52. The molecule has 3 aliphatic rings. The van der Waals surface area contributed by atoms with Gasteiger partial charge in [-0.3, -0.25) is 0 Å². The van der Waals surface area contributed by atoms with Crippen molar-refractivity contribution in [3.63, 3.8) is 0 Å². The van der Waals surface area contributed by atoms with E-state index in [2.05, 4.69) is 183 Å². The Morgan fingerprint density at radius 2 is 1.02 bits per heavy atom. The zero-order valence-electron chi connectivity index (χ0n) is 28.9. The molecular formula is C47H42N2. The van der Waals surface area contributed by atoms with E-state index in [9.17, 15) is 0 Å². The van der Waals surface area contributed by atoms with E-state index in [1.165, 1.54) is 84.9 Å². The number of hydrogen-bond acceptors (Lipinski definition) is 2. The third-order valence-electron chi connectivity index (χ3n) is 11.4. The minimum Gasteiger partial charge on any atom is -0.341 e. The standard InChI is InChI=1S/C47H42N2/c1-46(2)39-14-6-9-17-44(39)49(45-18-10-7-15-40(45)46)35-24-21-32(22-25-35)19-20-33-23-27-37-38-28-26-36(31-42(38)47(3,4)41(37)30-33)48-29-11-13-34-12-5-8-16-43(34)48/h5-10,12,14-28,30-31H,11,13,29H2,1-4H3/b20-19+. The summed E-state index contributed by atoms with van der Waals surface area (Å²) in [6.07, 6.45) is 6.86. The van der Waals surface area contributed by atoms with Crippen molar-refractivity contribution in [2.24, 2.45) is 0 Å². The van der Waals surface area contributed by atoms with Gasteiger partial charge in [-0.2, -0.15) is 0 Å². The van der Waals surface area contributed by atoms with Crippen molar-refractivity contribution in [3.8, 4) is 11.1 Å². The summed E-state index contributed by atoms with van der Waals surface area (Å²) < 4.78 is 0. The normalized spacial score (nSPS) is 16.5. The number of fused-ring (bicyclic) bond motifs is 6. The van der Waals surface area contributed by atoms with E-state index < -0.39 is 0 Å². The molecule has 2 nitrogen and oxygen atoms in total. The summed E-state index contributed by atoms with van der Waals surface area (Å²) in [5.74, 6) is 0. The van der Waals surface area contributed by atoms with Crippen molar-refractivity contribution in [1.82, 2.24) is 0 Å². The second kappa shape index (κ2) is 11.1. The highest BCUT2D eigenvalue weighted by Crippen LogP contribution is 2.52. The second-order valence-corrected chi connectivity index (χ2v) is 15.0. The summed E-state index contributed by atoms with van der Waals surface area (Å²) in [5, 5.41) is 0. The maximum absolute atomic E-state index is 2.52. The van der Waals surface area contributed by atoms with Crippen LogP contribution in [0.15, 0.2) is 133 Å². The molecule has 2 aliphatic heterocycles. The van der Waals surface area contributed by atoms with Crippen LogP contribution in [-0.2, 0) is 17.3 Å². The molecule has 0 atom stereocenters. The fraction of sp³-hybridized carbons (Fsp3) is 0.191. The van der Waals surface area contributed by atoms with E-state index in [1.807, 2.05) is 0 Å². The minimum absolute atomic E-state index is 0.0556. The van der Waals surface area contributed by atoms with Gasteiger partial charge in [-0.15, -0.1) is 0 Å². The summed E-state index contributed by atoms with van der Waals surface area (Å²) in [5.41, 5.74) is 18.4. The van der Waals surface area contributed by atoms with E-state index in [-0.39, 0.29) is 10.8 Å². The highest BCUT2D eigenvalue weighted by molar-refractivity contribution is 5.87. The SMILES string of the molecule is CC1(C)c2cc(/C=C/c3ccc(N4c5ccccc5C(C)(C)c5ccccc54)cc3)ccc2-c2ccc(N3CCCc4ccccc43)cc21. The summed E-state index contributed by atoms with van der Waals surface area (Å²) in [6, 6.07) is 49.7. The number of nitrogens with zero attached hydrogens (tertiary/aromatic N) is 2. The van der Waals surface area contributed by atoms with Crippen LogP contribution in [0, 0.1) is 0 Å². The van der Waals surface area contributed by atoms with Gasteiger partial charge in [-0.25, -0.2) is 0 Å². The van der Waals surface area contributed by atoms with Gasteiger partial charge in [0.1, 0.15) is 0 Å². The molecule has 49 heavy (non-hydrogen) atoms. The largest absolute Gasteiger partial charge is 0.341 e. The number of anilines is 5. The molecular weight excluding hydrogens is 593 g/mol. The molecule has 1 aliphatic carbocycles. The monoisotopic (exact) mass is 634 g/mol. The Morgan fingerprint density at radius 1 is 0.490 bits per heavy atom. The highest BCUT2D eigenvalue weighted by Gasteiger charge is 2.37. The van der Waals surface area contributed by atoms with Gasteiger partial charge in [-0.1, -0.05) is 131 Å². The molecule has 0 unspecified atom stereocenters. The van der Waals surface area contributed by atoms with Crippen molar-refractivity contribution in [2.75, 3.05) is 16.3 Å². The van der Waals surface area contributed by atoms with Crippen LogP contribution in [0.1, 0.15) is 73.1 Å². The number of benzene rings is 6. The summed E-state index contributed by atoms with van der Waals surface area (Å²) in [7, 11) is 0. The Bertz CT molecular complexity index is 2220. The average molecular weight is 635 g/mol. The molecule has 2 heteroatoms. The Hall–Kier alpha value is -5.34. The van der Waals surface area contributed by atoms with Crippen LogP contribution < -0.4 is 9.80 Å². The molecule has 0 fully saturated rings. The Morgan fingerprint density at radius 3 is 1.73 bits per heavy atom. The van der Waals surface area contributed by atoms with Gasteiger partial charge in [0.15, 0.2) is 0 Å². The van der Waals surface area contributed by atoms with Crippen LogP contribution in [0.3, 0.4) is 0 Å². The summed E-state index contributed by atoms with van der Waals surface area (Å²) >= 11 is 0. The molecule has 0 radical (unpaired) electrons. The molecule has 6 aromatic carbocycles. The predicted molar refractivity (Wildman–Crippen MR) is 208 cm³/mol. The van der Waals surface area contributed by atoms with Crippen LogP contribution in [0.2, 0.25) is 0 Å². The third kappa shape index (κ3) is 4.69. The lowest BCUT2D eigenvalue weighted by molar-refractivity contribution is 0.632. The lowest BCUT2D eigenvalue weighted by Crippen LogP contribution is -2.30. The first-order chi connectivity index (χ1) is 23.8. The molecule has 9 rings (SSSR count). The Labute approximate surface area is 291 Å². The van der Waals surface area contributed by atoms with Gasteiger partial charge in [0, 0.05) is 34.4 Å². The van der Waals surface area contributed by atoms with E-state index >= 15 is 0 Å². The summed E-state index contributed by atoms with van der Waals surface area (Å²) in [6.45, 7) is 10.5. The lowest BCUT2D eigenvalue weighted by atomic mass is 9.73. The molecule has 6 aromatic rings. The van der Waals surface area contributed by atoms with Crippen molar-refractivity contribution >= 4 is 40.6 Å². The van der Waals surface area contributed by atoms with Crippen LogP contribution in [0.4, 0.5) is 28.4 Å². The van der Waals surface area contributed by atoms with Gasteiger partial charge in [0.05, 0.1) is 11.4 Å². The first kappa shape index (κ1) is 29.8. The maximum Gasteiger partial charge on any atom is 0.0502 e. The second-order valence-electron chi connectivity index (χ2n) is 15.0. The molecule has 2 heterocycles. The van der Waals surface area contributed by atoms with E-state index in [0.29, 0.717) is 0 Å². The molecule has 240 valence electrons. The molecule has 0 saturated heterocycles. The van der Waals surface area contributed by atoms with Crippen molar-refractivity contribution < 1.29 is 0 Å². The van der Waals surface area contributed by atoms with Gasteiger partial charge >= 0.3 is 0 Å². The van der Waals surface area contributed by atoms with E-state index in [1.54, 1.807) is 0 Å². The molecule has 0 N–H and O–H groups in total. The van der Waals surface area contributed by atoms with Crippen LogP contribution in [-0.4, -0.2) is 6.54 Å². The first-order valence-electron chi connectivity index (χ1n) is 17.7. The average Bonchev–Trinajstić information content (AvgIpc) is 3.36. The van der Waals surface area contributed by atoms with E-state index in [4.69, 9.17) is 0 Å². The van der Waals surface area contributed by atoms with Crippen LogP contribution in [0.5, 0.6) is 0 Å². The lowest BCUT2D eigenvalue weighted by Gasteiger charge is -2.42. The number of aryl methyl sites for hydroxylation is 1. The fourth-order valence-electron chi connectivity index (χ4n) is 8.69. The molecule has 0 bridgehead atoms. The van der Waals surface area contributed by atoms with Gasteiger partial charge in [0.25, 0.3) is 0 Å². The van der Waals surface area contributed by atoms with E-state index in [0.717, 1.165) is 13.0 Å². The zero-order valence-corrected chi connectivity index (χ0v) is 28.9. The Kier molecular flexibility index (Phi) is 6.75. The van der Waals surface area contributed by atoms with Crippen molar-refractivity contribution in [1.29, 1.82) is 0 Å². The smallest absolute Gasteiger partial charge is 0.0502 e. The zero-order chi connectivity index (χ0) is 33.3.